The van der Waals surface area contributed by atoms with Crippen LogP contribution in [0, 0.1) is 15.2 Å². The summed E-state index contributed by atoms with van der Waals surface area (Å²) in [5.74, 6) is -2.35. The Balaban J connectivity index is 2.66. The fourth-order valence-corrected chi connectivity index (χ4v) is 1.91. The van der Waals surface area contributed by atoms with Crippen LogP contribution in [0.15, 0.2) is 12.1 Å². The van der Waals surface area contributed by atoms with E-state index < -0.39 is 17.5 Å². The Hall–Kier alpha value is -0.760. The molecule has 6 heteroatoms. The lowest BCUT2D eigenvalue weighted by atomic mass is 10.2. The molecule has 0 bridgehead atoms. The fraction of sp³-hybridized carbons (Fsp3) is 0.364. The van der Waals surface area contributed by atoms with Gasteiger partial charge in [-0.05, 0) is 41.3 Å². The van der Waals surface area contributed by atoms with Crippen LogP contribution in [-0.2, 0) is 0 Å². The van der Waals surface area contributed by atoms with Gasteiger partial charge in [-0.25, -0.2) is 8.78 Å². The number of rotatable bonds is 5. The predicted octanol–water partition coefficient (Wildman–Crippen LogP) is 1.91. The molecule has 0 spiro atoms. The summed E-state index contributed by atoms with van der Waals surface area (Å²) in [6.07, 6.45) is 0. The van der Waals surface area contributed by atoms with E-state index in [1.165, 1.54) is 0 Å². The van der Waals surface area contributed by atoms with Gasteiger partial charge < -0.3 is 10.6 Å². The molecule has 0 heterocycles. The number of carbonyl (C=O) groups excluding carboxylic acids is 1. The number of hydrogen-bond acceptors (Lipinski definition) is 2. The predicted molar refractivity (Wildman–Crippen MR) is 70.0 cm³/mol. The Morgan fingerprint density at radius 3 is 2.59 bits per heavy atom. The fourth-order valence-electron chi connectivity index (χ4n) is 1.23. The van der Waals surface area contributed by atoms with Gasteiger partial charge in [0.2, 0.25) is 0 Å². The highest BCUT2D eigenvalue weighted by atomic mass is 127. The van der Waals surface area contributed by atoms with Crippen LogP contribution in [0.4, 0.5) is 8.78 Å². The normalized spacial score (nSPS) is 10.4. The maximum atomic E-state index is 13.0. The molecule has 0 saturated heterocycles. The summed E-state index contributed by atoms with van der Waals surface area (Å²) in [6, 6.07) is 1.93. The molecule has 2 N–H and O–H groups in total. The highest BCUT2D eigenvalue weighted by molar-refractivity contribution is 14.1. The van der Waals surface area contributed by atoms with Crippen molar-refractivity contribution in [1.29, 1.82) is 0 Å². The van der Waals surface area contributed by atoms with Gasteiger partial charge in [-0.3, -0.25) is 4.79 Å². The van der Waals surface area contributed by atoms with E-state index in [0.29, 0.717) is 16.7 Å². The molecular formula is C11H13F2IN2O. The molecule has 1 rings (SSSR count). The molecule has 17 heavy (non-hydrogen) atoms. The molecule has 0 radical (unpaired) electrons. The van der Waals surface area contributed by atoms with Gasteiger partial charge >= 0.3 is 0 Å². The van der Waals surface area contributed by atoms with E-state index in [4.69, 9.17) is 0 Å². The van der Waals surface area contributed by atoms with Gasteiger partial charge in [0.05, 0.1) is 5.56 Å². The summed E-state index contributed by atoms with van der Waals surface area (Å²) >= 11 is 1.80. The van der Waals surface area contributed by atoms with Crippen LogP contribution in [0.5, 0.6) is 0 Å². The van der Waals surface area contributed by atoms with E-state index in [2.05, 4.69) is 10.6 Å². The van der Waals surface area contributed by atoms with Crippen molar-refractivity contribution in [3.8, 4) is 0 Å². The Morgan fingerprint density at radius 1 is 1.29 bits per heavy atom. The molecule has 0 aliphatic carbocycles. The standard InChI is InChI=1S/C11H13F2IN2O/c1-2-15-3-4-16-11(17)7-5-8(12)9(13)6-10(7)14/h5-6,15H,2-4H2,1H3,(H,16,17). The topological polar surface area (TPSA) is 41.1 Å². The van der Waals surface area contributed by atoms with E-state index >= 15 is 0 Å². The highest BCUT2D eigenvalue weighted by Gasteiger charge is 2.13. The van der Waals surface area contributed by atoms with E-state index in [1.807, 2.05) is 6.92 Å². The number of benzene rings is 1. The van der Waals surface area contributed by atoms with Crippen LogP contribution < -0.4 is 10.6 Å². The summed E-state index contributed by atoms with van der Waals surface area (Å²) in [6.45, 7) is 3.86. The summed E-state index contributed by atoms with van der Waals surface area (Å²) in [5, 5.41) is 5.67. The zero-order valence-corrected chi connectivity index (χ0v) is 11.5. The molecule has 1 aromatic rings. The smallest absolute Gasteiger partial charge is 0.252 e. The maximum Gasteiger partial charge on any atom is 0.252 e. The molecule has 0 atom stereocenters. The molecule has 0 aliphatic heterocycles. The number of amides is 1. The Morgan fingerprint density at radius 2 is 1.94 bits per heavy atom. The van der Waals surface area contributed by atoms with Gasteiger partial charge in [-0.2, -0.15) is 0 Å². The molecule has 1 aromatic carbocycles. The molecule has 0 fully saturated rings. The van der Waals surface area contributed by atoms with Crippen molar-refractivity contribution >= 4 is 28.5 Å². The molecule has 0 aliphatic rings. The quantitative estimate of drug-likeness (QED) is 0.482. The van der Waals surface area contributed by atoms with Crippen molar-refractivity contribution in [2.24, 2.45) is 0 Å². The lowest BCUT2D eigenvalue weighted by Gasteiger charge is -2.07. The van der Waals surface area contributed by atoms with Crippen molar-refractivity contribution in [1.82, 2.24) is 10.6 Å². The van der Waals surface area contributed by atoms with Crippen LogP contribution >= 0.6 is 22.6 Å². The summed E-state index contributed by atoms with van der Waals surface area (Å²) in [4.78, 5) is 11.7. The average molecular weight is 354 g/mol. The first-order valence-corrected chi connectivity index (χ1v) is 6.27. The molecule has 1 amide bonds. The molecule has 3 nitrogen and oxygen atoms in total. The average Bonchev–Trinajstić information content (AvgIpc) is 2.29. The van der Waals surface area contributed by atoms with Crippen molar-refractivity contribution < 1.29 is 13.6 Å². The van der Waals surface area contributed by atoms with Crippen molar-refractivity contribution in [2.45, 2.75) is 6.92 Å². The second-order valence-corrected chi connectivity index (χ2v) is 4.52. The number of carbonyl (C=O) groups is 1. The highest BCUT2D eigenvalue weighted by Crippen LogP contribution is 2.16. The molecule has 94 valence electrons. The Labute approximate surface area is 112 Å². The summed E-state index contributed by atoms with van der Waals surface area (Å²) < 4.78 is 26.2. The first kappa shape index (κ1) is 14.3. The number of nitrogens with one attached hydrogen (secondary N) is 2. The number of likely N-dealkylation sites (N-methyl/N-ethyl adjacent to an activating group) is 1. The van der Waals surface area contributed by atoms with Gasteiger partial charge in [-0.1, -0.05) is 6.92 Å². The van der Waals surface area contributed by atoms with Crippen LogP contribution in [-0.4, -0.2) is 25.5 Å². The molecule has 0 unspecified atom stereocenters. The van der Waals surface area contributed by atoms with Crippen LogP contribution in [0.25, 0.3) is 0 Å². The van der Waals surface area contributed by atoms with Crippen LogP contribution in [0.2, 0.25) is 0 Å². The SMILES string of the molecule is CCNCCNC(=O)c1cc(F)c(F)cc1I. The molecule has 0 aromatic heterocycles. The monoisotopic (exact) mass is 354 g/mol. The number of hydrogen-bond donors (Lipinski definition) is 2. The summed E-state index contributed by atoms with van der Waals surface area (Å²) in [5.41, 5.74) is 0.154. The minimum absolute atomic E-state index is 0.154. The maximum absolute atomic E-state index is 13.0. The van der Waals surface area contributed by atoms with E-state index in [1.54, 1.807) is 22.6 Å². The van der Waals surface area contributed by atoms with E-state index in [-0.39, 0.29) is 5.56 Å². The van der Waals surface area contributed by atoms with Gasteiger partial charge in [0.25, 0.3) is 5.91 Å². The van der Waals surface area contributed by atoms with Crippen molar-refractivity contribution in [2.75, 3.05) is 19.6 Å². The van der Waals surface area contributed by atoms with Gasteiger partial charge in [-0.15, -0.1) is 0 Å². The third-order valence-electron chi connectivity index (χ3n) is 2.09. The Bertz CT molecular complexity index is 413. The molecule has 0 saturated carbocycles. The van der Waals surface area contributed by atoms with E-state index in [9.17, 15) is 13.6 Å². The largest absolute Gasteiger partial charge is 0.351 e. The lowest BCUT2D eigenvalue weighted by Crippen LogP contribution is -2.32. The zero-order valence-electron chi connectivity index (χ0n) is 9.32. The van der Waals surface area contributed by atoms with Crippen LogP contribution in [0.3, 0.4) is 0 Å². The molecular weight excluding hydrogens is 341 g/mol. The third-order valence-corrected chi connectivity index (χ3v) is 2.98. The zero-order chi connectivity index (χ0) is 12.8. The first-order valence-electron chi connectivity index (χ1n) is 5.19. The lowest BCUT2D eigenvalue weighted by molar-refractivity contribution is 0.0952. The first-order chi connectivity index (χ1) is 8.06. The van der Waals surface area contributed by atoms with Gasteiger partial charge in [0, 0.05) is 16.7 Å². The summed E-state index contributed by atoms with van der Waals surface area (Å²) in [7, 11) is 0. The van der Waals surface area contributed by atoms with E-state index in [0.717, 1.165) is 18.7 Å². The van der Waals surface area contributed by atoms with Gasteiger partial charge in [0.15, 0.2) is 11.6 Å². The third kappa shape index (κ3) is 4.19. The minimum atomic E-state index is -1.01. The van der Waals surface area contributed by atoms with Crippen LogP contribution in [0.1, 0.15) is 17.3 Å². The second-order valence-electron chi connectivity index (χ2n) is 3.36. The van der Waals surface area contributed by atoms with Crippen molar-refractivity contribution in [3.63, 3.8) is 0 Å². The second kappa shape index (κ2) is 6.85. The number of halogens is 3. The van der Waals surface area contributed by atoms with Gasteiger partial charge in [0.1, 0.15) is 0 Å². The minimum Gasteiger partial charge on any atom is -0.351 e. The van der Waals surface area contributed by atoms with Crippen molar-refractivity contribution in [3.05, 3.63) is 32.9 Å². The Kier molecular flexibility index (Phi) is 5.76.